The highest BCUT2D eigenvalue weighted by atomic mass is 16.6. The van der Waals surface area contributed by atoms with Gasteiger partial charge in [-0.05, 0) is 68.6 Å². The van der Waals surface area contributed by atoms with E-state index in [1.807, 2.05) is 74.6 Å². The third-order valence-electron chi connectivity index (χ3n) is 9.77. The zero-order valence-electron chi connectivity index (χ0n) is 31.1. The Bertz CT molecular complexity index is 1420. The molecule has 0 aromatic heterocycles. The summed E-state index contributed by atoms with van der Waals surface area (Å²) in [5.74, 6) is -5.28. The van der Waals surface area contributed by atoms with E-state index in [2.05, 4.69) is 13.0 Å². The predicted molar refractivity (Wildman–Crippen MR) is 196 cm³/mol. The lowest BCUT2D eigenvalue weighted by Gasteiger charge is -2.42. The predicted octanol–water partition coefficient (Wildman–Crippen LogP) is 6.04. The van der Waals surface area contributed by atoms with E-state index in [0.717, 1.165) is 17.6 Å². The number of hydrogen-bond acceptors (Lipinski definition) is 9. The second kappa shape index (κ2) is 21.0. The zero-order valence-corrected chi connectivity index (χ0v) is 31.1. The lowest BCUT2D eigenvalue weighted by atomic mass is 9.85. The highest BCUT2D eigenvalue weighted by Gasteiger charge is 2.52. The molecule has 2 saturated heterocycles. The molecule has 2 aliphatic heterocycles. The fraction of sp³-hybridized carbons (Fsp3) is 0.561. The molecule has 0 bridgehead atoms. The number of nitrogens with zero attached hydrogens (tertiary/aromatic N) is 1. The smallest absolute Gasteiger partial charge is 0.329 e. The van der Waals surface area contributed by atoms with Gasteiger partial charge in [0.25, 0.3) is 11.7 Å². The molecule has 1 aromatic carbocycles. The van der Waals surface area contributed by atoms with Crippen LogP contribution in [-0.2, 0) is 38.1 Å². The van der Waals surface area contributed by atoms with Gasteiger partial charge in [-0.25, -0.2) is 4.79 Å². The number of allylic oxidation sites excluding steroid dienone is 5. The molecule has 2 fully saturated rings. The molecule has 1 unspecified atom stereocenters. The fourth-order valence-electron chi connectivity index (χ4n) is 6.57. The van der Waals surface area contributed by atoms with Crippen LogP contribution in [0.3, 0.4) is 0 Å². The number of Topliss-reactive ketones (excluding diaryl/α,β-unsaturated/α-hetero) is 2. The number of hydrogen-bond donors (Lipinski definition) is 1. The second-order valence-electron chi connectivity index (χ2n) is 13.9. The summed E-state index contributed by atoms with van der Waals surface area (Å²) in [5.41, 5.74) is 1.89. The van der Waals surface area contributed by atoms with Crippen molar-refractivity contribution in [1.29, 1.82) is 0 Å². The number of benzene rings is 1. The van der Waals surface area contributed by atoms with Crippen LogP contribution in [0.4, 0.5) is 0 Å². The van der Waals surface area contributed by atoms with Gasteiger partial charge in [0.1, 0.15) is 19.3 Å². The maximum absolute atomic E-state index is 13.7. The van der Waals surface area contributed by atoms with E-state index < -0.39 is 41.5 Å². The number of carbonyl (C=O) groups is 4. The van der Waals surface area contributed by atoms with E-state index in [-0.39, 0.29) is 43.5 Å². The largest absolute Gasteiger partial charge is 0.460 e. The molecule has 280 valence electrons. The SMILES string of the molecule is COCC(=O)[C@H](C)C[C@H](C)C=CC=CC=C(C)[C@H](C[C@@H]1CC[C@@H](C)[C@](O)(C(=O)C(=O)N2CCCCC2C(=O)OCC=Cc2ccccc2)O1)OC. The van der Waals surface area contributed by atoms with Gasteiger partial charge in [-0.3, -0.25) is 14.4 Å². The van der Waals surface area contributed by atoms with Crippen LogP contribution in [-0.4, -0.2) is 91.5 Å². The van der Waals surface area contributed by atoms with Gasteiger partial charge in [0.2, 0.25) is 5.79 Å². The van der Waals surface area contributed by atoms with E-state index in [9.17, 15) is 24.3 Å². The lowest BCUT2D eigenvalue weighted by Crippen LogP contribution is -2.60. The molecule has 10 heteroatoms. The van der Waals surface area contributed by atoms with Crippen molar-refractivity contribution < 1.29 is 43.2 Å². The molecule has 0 spiro atoms. The van der Waals surface area contributed by atoms with Crippen LogP contribution >= 0.6 is 0 Å². The van der Waals surface area contributed by atoms with E-state index in [0.29, 0.717) is 38.5 Å². The van der Waals surface area contributed by atoms with E-state index in [4.69, 9.17) is 18.9 Å². The molecule has 2 aliphatic rings. The summed E-state index contributed by atoms with van der Waals surface area (Å²) in [6.45, 7) is 7.99. The molecule has 7 atom stereocenters. The molecular weight excluding hydrogens is 650 g/mol. The third kappa shape index (κ3) is 12.5. The monoisotopic (exact) mass is 707 g/mol. The third-order valence-corrected chi connectivity index (χ3v) is 9.77. The molecule has 1 amide bonds. The summed E-state index contributed by atoms with van der Waals surface area (Å²) in [5, 5.41) is 11.6. The van der Waals surface area contributed by atoms with Gasteiger partial charge >= 0.3 is 5.97 Å². The van der Waals surface area contributed by atoms with Crippen LogP contribution in [0.2, 0.25) is 0 Å². The summed E-state index contributed by atoms with van der Waals surface area (Å²) in [6, 6.07) is 8.69. The van der Waals surface area contributed by atoms with E-state index in [1.54, 1.807) is 20.1 Å². The summed E-state index contributed by atoms with van der Waals surface area (Å²) in [7, 11) is 3.12. The van der Waals surface area contributed by atoms with Gasteiger partial charge in [-0.2, -0.15) is 0 Å². The summed E-state index contributed by atoms with van der Waals surface area (Å²) in [4.78, 5) is 53.6. The molecule has 3 rings (SSSR count). The number of rotatable bonds is 18. The van der Waals surface area contributed by atoms with Gasteiger partial charge < -0.3 is 29.0 Å². The average Bonchev–Trinajstić information content (AvgIpc) is 3.13. The van der Waals surface area contributed by atoms with Gasteiger partial charge in [0, 0.05) is 39.0 Å². The molecular formula is C41H57NO9. The quantitative estimate of drug-likeness (QED) is 0.110. The standard InChI is InChI=1S/C41H57NO9/c1-29(26-31(3)36(43)28-48-5)16-9-7-10-17-30(2)37(49-6)27-34-23-22-32(4)41(47,51-34)38(44)39(45)42-24-14-13-21-35(42)40(46)50-25-15-20-33-18-11-8-12-19-33/h7-12,15-20,29,31-32,34-35,37,47H,13-14,21-28H2,1-6H3/t29-,31-,32-,34+,35?,37+,41-/m1/s1. The Morgan fingerprint density at radius 1 is 1.04 bits per heavy atom. The summed E-state index contributed by atoms with van der Waals surface area (Å²) in [6.07, 6.45) is 16.3. The molecule has 1 aromatic rings. The van der Waals surface area contributed by atoms with Crippen LogP contribution in [0.25, 0.3) is 6.08 Å². The number of ether oxygens (including phenoxy) is 4. The first-order valence-corrected chi connectivity index (χ1v) is 18.1. The van der Waals surface area contributed by atoms with Crippen molar-refractivity contribution in [2.75, 3.05) is 34.0 Å². The van der Waals surface area contributed by atoms with Crippen molar-refractivity contribution >= 4 is 29.5 Å². The first-order chi connectivity index (χ1) is 24.4. The maximum Gasteiger partial charge on any atom is 0.329 e. The van der Waals surface area contributed by atoms with Crippen molar-refractivity contribution in [1.82, 2.24) is 4.90 Å². The van der Waals surface area contributed by atoms with Crippen molar-refractivity contribution in [3.8, 4) is 0 Å². The van der Waals surface area contributed by atoms with Gasteiger partial charge in [-0.15, -0.1) is 0 Å². The van der Waals surface area contributed by atoms with Crippen LogP contribution < -0.4 is 0 Å². The first kappa shape index (κ1) is 41.7. The maximum atomic E-state index is 13.7. The molecule has 2 heterocycles. The lowest BCUT2D eigenvalue weighted by molar-refractivity contribution is -0.265. The number of likely N-dealkylation sites (tertiary alicyclic amines) is 1. The Hall–Kier alpha value is -3.70. The molecule has 1 N–H and O–H groups in total. The normalized spacial score (nSPS) is 24.9. The summed E-state index contributed by atoms with van der Waals surface area (Å²) >= 11 is 0. The Balaban J connectivity index is 1.59. The second-order valence-corrected chi connectivity index (χ2v) is 13.9. The van der Waals surface area contributed by atoms with Gasteiger partial charge in [0.05, 0.1) is 12.2 Å². The minimum absolute atomic E-state index is 0.0321. The van der Waals surface area contributed by atoms with Gasteiger partial charge in [-0.1, -0.05) is 87.6 Å². The van der Waals surface area contributed by atoms with Gasteiger partial charge in [0.15, 0.2) is 5.78 Å². The molecule has 0 aliphatic carbocycles. The van der Waals surface area contributed by atoms with Crippen molar-refractivity contribution in [3.63, 3.8) is 0 Å². The number of methoxy groups -OCH3 is 2. The van der Waals surface area contributed by atoms with E-state index >= 15 is 0 Å². The number of carbonyl (C=O) groups excluding carboxylic acids is 4. The minimum Gasteiger partial charge on any atom is -0.460 e. The Kier molecular flexibility index (Phi) is 17.2. The van der Waals surface area contributed by atoms with E-state index in [1.165, 1.54) is 12.0 Å². The van der Waals surface area contributed by atoms with Crippen LogP contribution in [0.1, 0.15) is 78.2 Å². The van der Waals surface area contributed by atoms with Crippen LogP contribution in [0.5, 0.6) is 0 Å². The number of piperidine rings is 1. The molecule has 51 heavy (non-hydrogen) atoms. The number of ketones is 2. The highest BCUT2D eigenvalue weighted by Crippen LogP contribution is 2.36. The molecule has 10 nitrogen and oxygen atoms in total. The Labute approximate surface area is 303 Å². The molecule has 0 saturated carbocycles. The fourth-order valence-corrected chi connectivity index (χ4v) is 6.57. The van der Waals surface area contributed by atoms with Crippen LogP contribution in [0.15, 0.2) is 72.4 Å². The highest BCUT2D eigenvalue weighted by molar-refractivity contribution is 6.39. The van der Waals surface area contributed by atoms with Crippen LogP contribution in [0, 0.1) is 17.8 Å². The average molecular weight is 708 g/mol. The number of esters is 1. The van der Waals surface area contributed by atoms with Crippen molar-refractivity contribution in [2.45, 2.75) is 96.7 Å². The topological polar surface area (TPSA) is 129 Å². The first-order valence-electron chi connectivity index (χ1n) is 18.1. The van der Waals surface area contributed by atoms with Crippen molar-refractivity contribution in [3.05, 3.63) is 77.9 Å². The van der Waals surface area contributed by atoms with Crippen molar-refractivity contribution in [2.24, 2.45) is 17.8 Å². The number of aliphatic hydroxyl groups is 1. The zero-order chi connectivity index (χ0) is 37.4. The molecule has 0 radical (unpaired) electrons. The Morgan fingerprint density at radius 2 is 1.78 bits per heavy atom. The number of amides is 1. The minimum atomic E-state index is -2.33. The summed E-state index contributed by atoms with van der Waals surface area (Å²) < 4.78 is 22.2. The Morgan fingerprint density at radius 3 is 2.49 bits per heavy atom.